The molecule has 0 bridgehead atoms. The van der Waals surface area contributed by atoms with Crippen molar-refractivity contribution in [1.29, 1.82) is 0 Å². The first-order valence-electron chi connectivity index (χ1n) is 13.3. The summed E-state index contributed by atoms with van der Waals surface area (Å²) in [5.41, 5.74) is 1.96. The predicted molar refractivity (Wildman–Crippen MR) is 137 cm³/mol. The van der Waals surface area contributed by atoms with Crippen molar-refractivity contribution in [3.8, 4) is 0 Å². The van der Waals surface area contributed by atoms with Gasteiger partial charge in [0.25, 0.3) is 0 Å². The Kier molecular flexibility index (Phi) is 6.06. The Balaban J connectivity index is 1.51. The van der Waals surface area contributed by atoms with Gasteiger partial charge in [-0.2, -0.15) is 0 Å². The summed E-state index contributed by atoms with van der Waals surface area (Å²) in [6, 6.07) is 0. The summed E-state index contributed by atoms with van der Waals surface area (Å²) in [6.45, 7) is 22.7. The summed E-state index contributed by atoms with van der Waals surface area (Å²) in [5.74, 6) is 3.38. The monoisotopic (exact) mass is 456 g/mol. The molecule has 2 nitrogen and oxygen atoms in total. The van der Waals surface area contributed by atoms with Crippen LogP contribution in [-0.2, 0) is 9.22 Å². The molecule has 0 aromatic rings. The Hall–Kier alpha value is -0.673. The minimum Gasteiger partial charge on any atom is -0.407 e. The van der Waals surface area contributed by atoms with Gasteiger partial charge in [0.1, 0.15) is 6.10 Å². The van der Waals surface area contributed by atoms with E-state index in [0.29, 0.717) is 34.9 Å². The number of Topliss-reactive ketones (excluding diaryl/α,β-unsaturated/α-hetero) is 1. The lowest BCUT2D eigenvalue weighted by Crippen LogP contribution is -2.46. The van der Waals surface area contributed by atoms with E-state index in [4.69, 9.17) is 4.43 Å². The molecule has 0 radical (unpaired) electrons. The predicted octanol–water partition coefficient (Wildman–Crippen LogP) is 7.96. The first kappa shape index (κ1) is 24.5. The normalized spacial score (nSPS) is 42.5. The number of fused-ring (bicyclic) bond motifs is 2. The number of ketones is 1. The Morgan fingerprint density at radius 1 is 1.22 bits per heavy atom. The van der Waals surface area contributed by atoms with E-state index in [9.17, 15) is 4.79 Å². The van der Waals surface area contributed by atoms with E-state index in [-0.39, 0.29) is 16.6 Å². The Labute approximate surface area is 198 Å². The fourth-order valence-corrected chi connectivity index (χ4v) is 9.07. The number of carbonyl (C=O) groups excluding carboxylic acids is 1. The van der Waals surface area contributed by atoms with Gasteiger partial charge < -0.3 is 4.43 Å². The molecule has 3 heteroatoms. The molecule has 0 aromatic heterocycles. The maximum atomic E-state index is 13.7. The highest BCUT2D eigenvalue weighted by atomic mass is 28.4. The van der Waals surface area contributed by atoms with Crippen LogP contribution in [0.5, 0.6) is 0 Å². The van der Waals surface area contributed by atoms with E-state index < -0.39 is 8.32 Å². The van der Waals surface area contributed by atoms with E-state index in [2.05, 4.69) is 73.4 Å². The highest BCUT2D eigenvalue weighted by Gasteiger charge is 2.69. The van der Waals surface area contributed by atoms with Gasteiger partial charge in [-0.05, 0) is 98.1 Å². The van der Waals surface area contributed by atoms with Gasteiger partial charge in [-0.25, -0.2) is 0 Å². The summed E-state index contributed by atoms with van der Waals surface area (Å²) in [5, 5.41) is 0.148. The van der Waals surface area contributed by atoms with Crippen molar-refractivity contribution in [2.24, 2.45) is 40.4 Å². The minimum absolute atomic E-state index is 0.125. The second kappa shape index (κ2) is 7.94. The molecule has 0 spiro atoms. The van der Waals surface area contributed by atoms with Gasteiger partial charge in [-0.3, -0.25) is 4.79 Å². The van der Waals surface area contributed by atoms with Crippen LogP contribution >= 0.6 is 0 Å². The number of allylic oxidation sites excluding steroid dienone is 3. The third-order valence-corrected chi connectivity index (χ3v) is 15.5. The zero-order chi connectivity index (χ0) is 23.7. The Morgan fingerprint density at radius 3 is 2.53 bits per heavy atom. The molecular formula is C29H48O2Si. The molecule has 0 N–H and O–H groups in total. The van der Waals surface area contributed by atoms with Crippen LogP contribution in [0, 0.1) is 40.4 Å². The molecule has 0 amide bonds. The van der Waals surface area contributed by atoms with Crippen LogP contribution in [0.3, 0.4) is 0 Å². The number of rotatable bonds is 6. The van der Waals surface area contributed by atoms with Gasteiger partial charge in [0.15, 0.2) is 14.1 Å². The summed E-state index contributed by atoms with van der Waals surface area (Å²) < 4.78 is 6.64. The van der Waals surface area contributed by atoms with E-state index in [1.54, 1.807) is 5.57 Å². The SMILES string of the molecule is C=C[C@@H](C)[C@H]1CC[C@H]2/C(=C/[C@@H](C)[C@]34CC3C[C@H](O[Si](C)(C)C(C)(C)C)C4=O)CCC[C@]12C. The van der Waals surface area contributed by atoms with Crippen LogP contribution in [0.1, 0.15) is 86.5 Å². The third-order valence-electron chi connectivity index (χ3n) is 11.0. The molecule has 1 unspecified atom stereocenters. The molecule has 0 saturated heterocycles. The average molecular weight is 457 g/mol. The lowest BCUT2D eigenvalue weighted by Gasteiger charge is -2.44. The van der Waals surface area contributed by atoms with Gasteiger partial charge >= 0.3 is 0 Å². The first-order valence-corrected chi connectivity index (χ1v) is 16.2. The van der Waals surface area contributed by atoms with Crippen molar-refractivity contribution >= 4 is 14.1 Å². The molecule has 4 rings (SSSR count). The topological polar surface area (TPSA) is 26.3 Å². The van der Waals surface area contributed by atoms with E-state index >= 15 is 0 Å². The van der Waals surface area contributed by atoms with E-state index in [0.717, 1.165) is 18.8 Å². The minimum atomic E-state index is -1.93. The number of hydrogen-bond acceptors (Lipinski definition) is 2. The van der Waals surface area contributed by atoms with Crippen LogP contribution in [-0.4, -0.2) is 20.2 Å². The van der Waals surface area contributed by atoms with Crippen molar-refractivity contribution in [3.63, 3.8) is 0 Å². The van der Waals surface area contributed by atoms with Crippen LogP contribution in [0.4, 0.5) is 0 Å². The number of carbonyl (C=O) groups is 1. The Morgan fingerprint density at radius 2 is 1.91 bits per heavy atom. The second-order valence-electron chi connectivity index (χ2n) is 13.6. The molecule has 4 fully saturated rings. The smallest absolute Gasteiger partial charge is 0.193 e. The lowest BCUT2D eigenvalue weighted by atomic mass is 9.61. The van der Waals surface area contributed by atoms with Gasteiger partial charge in [0.2, 0.25) is 0 Å². The fraction of sp³-hybridized carbons (Fsp3) is 0.828. The zero-order valence-electron chi connectivity index (χ0n) is 22.1. The molecule has 0 aliphatic heterocycles. The quantitative estimate of drug-likeness (QED) is 0.299. The second-order valence-corrected chi connectivity index (χ2v) is 18.4. The van der Waals surface area contributed by atoms with Gasteiger partial charge in [0.05, 0.1) is 0 Å². The molecule has 4 saturated carbocycles. The van der Waals surface area contributed by atoms with Gasteiger partial charge in [0, 0.05) is 5.41 Å². The summed E-state index contributed by atoms with van der Waals surface area (Å²) in [6.07, 6.45) is 13.2. The van der Waals surface area contributed by atoms with Crippen molar-refractivity contribution in [1.82, 2.24) is 0 Å². The van der Waals surface area contributed by atoms with E-state index in [1.807, 2.05) is 0 Å². The van der Waals surface area contributed by atoms with Crippen molar-refractivity contribution in [2.75, 3.05) is 0 Å². The van der Waals surface area contributed by atoms with Crippen LogP contribution in [0.2, 0.25) is 18.1 Å². The lowest BCUT2D eigenvalue weighted by molar-refractivity contribution is -0.130. The first-order chi connectivity index (χ1) is 14.8. The van der Waals surface area contributed by atoms with Gasteiger partial charge in [-0.15, -0.1) is 6.58 Å². The molecule has 32 heavy (non-hydrogen) atoms. The maximum absolute atomic E-state index is 13.7. The molecule has 180 valence electrons. The van der Waals surface area contributed by atoms with E-state index in [1.165, 1.54) is 32.1 Å². The zero-order valence-corrected chi connectivity index (χ0v) is 23.1. The van der Waals surface area contributed by atoms with Crippen LogP contribution in [0.15, 0.2) is 24.3 Å². The number of hydrogen-bond donors (Lipinski definition) is 0. The van der Waals surface area contributed by atoms with Crippen molar-refractivity contribution in [3.05, 3.63) is 24.3 Å². The summed E-state index contributed by atoms with van der Waals surface area (Å²) in [4.78, 5) is 13.7. The molecule has 8 atom stereocenters. The molecule has 0 heterocycles. The fourth-order valence-electron chi connectivity index (χ4n) is 7.80. The molecule has 0 aromatic carbocycles. The van der Waals surface area contributed by atoms with Crippen molar-refractivity contribution < 1.29 is 9.22 Å². The summed E-state index contributed by atoms with van der Waals surface area (Å²) in [7, 11) is -1.93. The largest absolute Gasteiger partial charge is 0.407 e. The Bertz CT molecular complexity index is 804. The highest BCUT2D eigenvalue weighted by molar-refractivity contribution is 6.74. The average Bonchev–Trinajstić information content (AvgIpc) is 3.21. The standard InChI is InChI=1S/C29H48O2Si/c1-10-19(2)23-13-14-24-21(12-11-15-28(23,24)7)16-20(3)29-18-22(29)17-25(26(29)30)31-32(8,9)27(4,5)6/h10,16,19-20,22-25H,1,11-15,17-18H2,2-9H3/b21-16+/t19-,20-,22?,23-,24+,25+,28-,29-/m1/s1. The highest BCUT2D eigenvalue weighted by Crippen LogP contribution is 2.67. The van der Waals surface area contributed by atoms with Crippen LogP contribution < -0.4 is 0 Å². The molecule has 4 aliphatic rings. The molecule has 4 aliphatic carbocycles. The maximum Gasteiger partial charge on any atom is 0.193 e. The summed E-state index contributed by atoms with van der Waals surface area (Å²) >= 11 is 0. The van der Waals surface area contributed by atoms with Gasteiger partial charge in [-0.1, -0.05) is 59.3 Å². The van der Waals surface area contributed by atoms with Crippen LogP contribution in [0.25, 0.3) is 0 Å². The molecular weight excluding hydrogens is 408 g/mol. The van der Waals surface area contributed by atoms with Crippen molar-refractivity contribution in [2.45, 2.75) is 111 Å². The third kappa shape index (κ3) is 3.65.